The Labute approximate surface area is 285 Å². The SMILES string of the molecule is C=CC(=O)OC(C)COCC(COCC(C)OC(=O)CCCCC(=O)OC(C)COCC(COCC(C)O)OCC(C)O)OCC(C)O. The fourth-order valence-electron chi connectivity index (χ4n) is 3.76. The van der Waals surface area contributed by atoms with Gasteiger partial charge in [0.25, 0.3) is 0 Å². The van der Waals surface area contributed by atoms with Gasteiger partial charge in [-0.3, -0.25) is 9.59 Å². The van der Waals surface area contributed by atoms with E-state index in [0.717, 1.165) is 6.08 Å². The second-order valence-electron chi connectivity index (χ2n) is 11.9. The second kappa shape index (κ2) is 28.6. The third-order valence-corrected chi connectivity index (χ3v) is 5.94. The van der Waals surface area contributed by atoms with Crippen LogP contribution in [0.25, 0.3) is 0 Å². The first-order chi connectivity index (χ1) is 22.7. The molecule has 282 valence electrons. The molecular weight excluding hydrogens is 636 g/mol. The molecule has 15 heteroatoms. The van der Waals surface area contributed by atoms with Gasteiger partial charge in [0.1, 0.15) is 30.5 Å². The van der Waals surface area contributed by atoms with Gasteiger partial charge in [0.2, 0.25) is 0 Å². The van der Waals surface area contributed by atoms with Gasteiger partial charge in [0, 0.05) is 18.9 Å². The molecule has 0 aliphatic heterocycles. The summed E-state index contributed by atoms with van der Waals surface area (Å²) in [7, 11) is 0. The van der Waals surface area contributed by atoms with Crippen LogP contribution in [-0.2, 0) is 57.0 Å². The fourth-order valence-corrected chi connectivity index (χ4v) is 3.76. The van der Waals surface area contributed by atoms with E-state index in [4.69, 9.17) is 42.6 Å². The summed E-state index contributed by atoms with van der Waals surface area (Å²) in [4.78, 5) is 35.7. The first-order valence-corrected chi connectivity index (χ1v) is 16.5. The minimum absolute atomic E-state index is 0.0760. The molecule has 0 amide bonds. The molecule has 8 atom stereocenters. The number of rotatable bonds is 31. The van der Waals surface area contributed by atoms with E-state index in [0.29, 0.717) is 12.8 Å². The first kappa shape index (κ1) is 45.8. The van der Waals surface area contributed by atoms with E-state index in [1.807, 2.05) is 0 Å². The van der Waals surface area contributed by atoms with E-state index in [9.17, 15) is 29.7 Å². The third kappa shape index (κ3) is 28.8. The van der Waals surface area contributed by atoms with Gasteiger partial charge in [-0.05, 0) is 54.4 Å². The number of aliphatic hydroxyl groups is 3. The lowest BCUT2D eigenvalue weighted by atomic mass is 10.2. The highest BCUT2D eigenvalue weighted by Gasteiger charge is 2.18. The monoisotopic (exact) mass is 696 g/mol. The van der Waals surface area contributed by atoms with Gasteiger partial charge in [-0.25, -0.2) is 4.79 Å². The van der Waals surface area contributed by atoms with Crippen molar-refractivity contribution in [2.75, 3.05) is 66.1 Å². The van der Waals surface area contributed by atoms with Crippen LogP contribution in [0.3, 0.4) is 0 Å². The predicted octanol–water partition coefficient (Wildman–Crippen LogP) is 1.51. The van der Waals surface area contributed by atoms with E-state index >= 15 is 0 Å². The maximum absolute atomic E-state index is 12.2. The Kier molecular flexibility index (Phi) is 27.3. The number of aliphatic hydroxyl groups excluding tert-OH is 3. The lowest BCUT2D eigenvalue weighted by Gasteiger charge is -2.21. The maximum atomic E-state index is 12.2. The molecule has 15 nitrogen and oxygen atoms in total. The molecule has 0 aromatic rings. The number of carbonyl (C=O) groups is 3. The smallest absolute Gasteiger partial charge is 0.330 e. The minimum atomic E-state index is -0.682. The van der Waals surface area contributed by atoms with Crippen LogP contribution in [0.1, 0.15) is 67.2 Å². The highest BCUT2D eigenvalue weighted by atomic mass is 16.6. The van der Waals surface area contributed by atoms with Gasteiger partial charge in [-0.2, -0.15) is 0 Å². The molecule has 0 aromatic heterocycles. The molecule has 3 N–H and O–H groups in total. The average molecular weight is 697 g/mol. The molecular formula is C33H60O15. The molecule has 0 aliphatic carbocycles. The van der Waals surface area contributed by atoms with Crippen molar-refractivity contribution in [2.45, 2.75) is 116 Å². The summed E-state index contributed by atoms with van der Waals surface area (Å²) >= 11 is 0. The van der Waals surface area contributed by atoms with Crippen LogP contribution in [0, 0.1) is 0 Å². The van der Waals surface area contributed by atoms with Gasteiger partial charge in [-0.1, -0.05) is 6.58 Å². The molecule has 0 aliphatic rings. The van der Waals surface area contributed by atoms with E-state index in [-0.39, 0.29) is 78.9 Å². The van der Waals surface area contributed by atoms with Crippen LogP contribution in [0.5, 0.6) is 0 Å². The Morgan fingerprint density at radius 3 is 1.19 bits per heavy atom. The zero-order valence-corrected chi connectivity index (χ0v) is 29.5. The Morgan fingerprint density at radius 2 is 0.854 bits per heavy atom. The van der Waals surface area contributed by atoms with Crippen molar-refractivity contribution >= 4 is 17.9 Å². The molecule has 0 fully saturated rings. The van der Waals surface area contributed by atoms with Crippen molar-refractivity contribution in [3.63, 3.8) is 0 Å². The van der Waals surface area contributed by atoms with Gasteiger partial charge in [-0.15, -0.1) is 0 Å². The molecule has 0 radical (unpaired) electrons. The van der Waals surface area contributed by atoms with Crippen LogP contribution < -0.4 is 0 Å². The summed E-state index contributed by atoms with van der Waals surface area (Å²) in [6, 6.07) is 0. The highest BCUT2D eigenvalue weighted by Crippen LogP contribution is 2.08. The highest BCUT2D eigenvalue weighted by molar-refractivity contribution is 5.81. The Bertz CT molecular complexity index is 851. The molecule has 48 heavy (non-hydrogen) atoms. The molecule has 0 heterocycles. The van der Waals surface area contributed by atoms with Crippen molar-refractivity contribution in [3.8, 4) is 0 Å². The van der Waals surface area contributed by atoms with Crippen LogP contribution in [0.2, 0.25) is 0 Å². The van der Waals surface area contributed by atoms with E-state index < -0.39 is 66.7 Å². The number of unbranched alkanes of at least 4 members (excludes halogenated alkanes) is 1. The number of carbonyl (C=O) groups excluding carboxylic acids is 3. The van der Waals surface area contributed by atoms with Gasteiger partial charge in [0.05, 0.1) is 84.4 Å². The zero-order valence-electron chi connectivity index (χ0n) is 29.5. The fraction of sp³-hybridized carbons (Fsp3) is 0.848. The Balaban J connectivity index is 4.24. The Hall–Kier alpha value is -2.21. The van der Waals surface area contributed by atoms with Gasteiger partial charge >= 0.3 is 17.9 Å². The van der Waals surface area contributed by atoms with E-state index in [1.54, 1.807) is 41.5 Å². The normalized spacial score (nSPS) is 16.5. The van der Waals surface area contributed by atoms with Crippen LogP contribution in [0.4, 0.5) is 0 Å². The second-order valence-corrected chi connectivity index (χ2v) is 11.9. The van der Waals surface area contributed by atoms with Gasteiger partial charge in [0.15, 0.2) is 0 Å². The third-order valence-electron chi connectivity index (χ3n) is 5.94. The summed E-state index contributed by atoms with van der Waals surface area (Å²) < 4.78 is 49.2. The van der Waals surface area contributed by atoms with Crippen molar-refractivity contribution in [3.05, 3.63) is 12.7 Å². The molecule has 0 saturated heterocycles. The molecule has 0 rings (SSSR count). The largest absolute Gasteiger partial charge is 0.460 e. The number of hydrogen-bond donors (Lipinski definition) is 3. The number of hydrogen-bond acceptors (Lipinski definition) is 15. The van der Waals surface area contributed by atoms with Crippen molar-refractivity contribution in [1.82, 2.24) is 0 Å². The minimum Gasteiger partial charge on any atom is -0.460 e. The first-order valence-electron chi connectivity index (χ1n) is 16.5. The predicted molar refractivity (Wildman–Crippen MR) is 173 cm³/mol. The van der Waals surface area contributed by atoms with E-state index in [2.05, 4.69) is 6.58 Å². The van der Waals surface area contributed by atoms with Crippen molar-refractivity contribution in [2.24, 2.45) is 0 Å². The summed E-state index contributed by atoms with van der Waals surface area (Å²) in [6.07, 6.45) is -2.22. The summed E-state index contributed by atoms with van der Waals surface area (Å²) in [6.45, 7) is 14.5. The average Bonchev–Trinajstić information content (AvgIpc) is 2.99. The molecule has 0 saturated carbocycles. The van der Waals surface area contributed by atoms with Crippen LogP contribution in [-0.4, -0.2) is 148 Å². The lowest BCUT2D eigenvalue weighted by Crippen LogP contribution is -2.32. The molecule has 8 unspecified atom stereocenters. The van der Waals surface area contributed by atoms with Crippen LogP contribution in [0.15, 0.2) is 12.7 Å². The molecule has 0 bridgehead atoms. The quantitative estimate of drug-likeness (QED) is 0.0408. The molecule has 0 aromatic carbocycles. The summed E-state index contributed by atoms with van der Waals surface area (Å²) in [5.41, 5.74) is 0. The van der Waals surface area contributed by atoms with Gasteiger partial charge < -0.3 is 58.0 Å². The zero-order chi connectivity index (χ0) is 36.3. The molecule has 0 spiro atoms. The summed E-state index contributed by atoms with van der Waals surface area (Å²) in [5, 5.41) is 28.3. The topological polar surface area (TPSA) is 195 Å². The number of esters is 3. The number of ether oxygens (including phenoxy) is 9. The summed E-state index contributed by atoms with van der Waals surface area (Å²) in [5.74, 6) is -1.37. The van der Waals surface area contributed by atoms with Crippen molar-refractivity contribution < 1.29 is 72.3 Å². The maximum Gasteiger partial charge on any atom is 0.330 e. The van der Waals surface area contributed by atoms with Crippen molar-refractivity contribution in [1.29, 1.82) is 0 Å². The lowest BCUT2D eigenvalue weighted by molar-refractivity contribution is -0.155. The van der Waals surface area contributed by atoms with E-state index in [1.165, 1.54) is 0 Å². The van der Waals surface area contributed by atoms with Crippen LogP contribution >= 0.6 is 0 Å². The standard InChI is InChI=1S/C33H60O15/c1-8-31(37)46-26(5)16-41-21-30(45-15-25(4)36)22-43-18-28(7)48-33(39)12-10-9-11-32(38)47-27(6)17-42-20-29(44-14-24(3)35)19-40-13-23(2)34/h8,23-30,34-36H,1,9-22H2,2-7H3. The Morgan fingerprint density at radius 1 is 0.521 bits per heavy atom.